The molecule has 6 nitrogen and oxygen atoms in total. The van der Waals surface area contributed by atoms with Gasteiger partial charge in [-0.1, -0.05) is 38.1 Å². The number of likely N-dealkylation sites (tertiary alicyclic amines) is 2. The van der Waals surface area contributed by atoms with Gasteiger partial charge < -0.3 is 19.9 Å². The number of hydrogen-bond acceptors (Lipinski definition) is 4. The lowest BCUT2D eigenvalue weighted by molar-refractivity contribution is -0.128. The van der Waals surface area contributed by atoms with Crippen LogP contribution in [0, 0.1) is 17.2 Å². The molecule has 0 aromatic heterocycles. The van der Waals surface area contributed by atoms with E-state index in [0.717, 1.165) is 62.3 Å². The van der Waals surface area contributed by atoms with E-state index in [4.69, 9.17) is 4.74 Å². The van der Waals surface area contributed by atoms with Gasteiger partial charge in [0.2, 0.25) is 11.8 Å². The van der Waals surface area contributed by atoms with Gasteiger partial charge in [-0.25, -0.2) is 4.39 Å². The Kier molecular flexibility index (Phi) is 8.29. The van der Waals surface area contributed by atoms with Gasteiger partial charge in [-0.3, -0.25) is 9.59 Å². The van der Waals surface area contributed by atoms with Crippen molar-refractivity contribution in [3.63, 3.8) is 0 Å². The topological polar surface area (TPSA) is 61.9 Å². The maximum atomic E-state index is 13.9. The van der Waals surface area contributed by atoms with E-state index in [2.05, 4.69) is 10.2 Å². The van der Waals surface area contributed by atoms with E-state index in [0.29, 0.717) is 13.0 Å². The smallest absolute Gasteiger partial charge is 0.223 e. The first-order valence-corrected chi connectivity index (χ1v) is 13.0. The monoisotopic (exact) mass is 495 g/mol. The summed E-state index contributed by atoms with van der Waals surface area (Å²) in [5.74, 6) is 0.613. The van der Waals surface area contributed by atoms with Crippen molar-refractivity contribution in [3.8, 4) is 5.75 Å². The van der Waals surface area contributed by atoms with E-state index in [1.54, 1.807) is 13.2 Å². The predicted molar refractivity (Wildman–Crippen MR) is 138 cm³/mol. The molecular formula is C29H38FN3O3. The largest absolute Gasteiger partial charge is 0.497 e. The molecule has 194 valence electrons. The Morgan fingerprint density at radius 3 is 2.50 bits per heavy atom. The molecule has 0 aliphatic carbocycles. The summed E-state index contributed by atoms with van der Waals surface area (Å²) in [5, 5.41) is 3.10. The van der Waals surface area contributed by atoms with Gasteiger partial charge in [0.15, 0.2) is 0 Å². The van der Waals surface area contributed by atoms with Crippen molar-refractivity contribution in [2.24, 2.45) is 11.3 Å². The third kappa shape index (κ3) is 6.44. The molecule has 7 heteroatoms. The van der Waals surface area contributed by atoms with E-state index < -0.39 is 0 Å². The molecule has 1 unspecified atom stereocenters. The van der Waals surface area contributed by atoms with Crippen LogP contribution < -0.4 is 10.1 Å². The first kappa shape index (κ1) is 26.1. The number of nitrogens with zero attached hydrogens (tertiary/aromatic N) is 2. The van der Waals surface area contributed by atoms with Crippen molar-refractivity contribution in [1.29, 1.82) is 0 Å². The number of hydrogen-bond donors (Lipinski definition) is 1. The van der Waals surface area contributed by atoms with E-state index in [1.807, 2.05) is 49.1 Å². The molecule has 1 atom stereocenters. The van der Waals surface area contributed by atoms with Crippen LogP contribution in [0.1, 0.15) is 56.7 Å². The Bertz CT molecular complexity index is 1050. The maximum Gasteiger partial charge on any atom is 0.223 e. The lowest BCUT2D eigenvalue weighted by Gasteiger charge is -2.39. The van der Waals surface area contributed by atoms with Crippen LogP contribution in [-0.4, -0.2) is 54.9 Å². The van der Waals surface area contributed by atoms with Crippen LogP contribution in [0.4, 0.5) is 4.39 Å². The molecule has 36 heavy (non-hydrogen) atoms. The minimum absolute atomic E-state index is 0.0247. The Morgan fingerprint density at radius 2 is 1.86 bits per heavy atom. The zero-order chi connectivity index (χ0) is 25.7. The summed E-state index contributed by atoms with van der Waals surface area (Å²) in [6, 6.07) is 14.2. The molecular weight excluding hydrogens is 457 g/mol. The quantitative estimate of drug-likeness (QED) is 0.554. The molecule has 2 heterocycles. The highest BCUT2D eigenvalue weighted by atomic mass is 19.1. The zero-order valence-corrected chi connectivity index (χ0v) is 21.6. The summed E-state index contributed by atoms with van der Waals surface area (Å²) in [6.07, 6.45) is 3.31. The lowest BCUT2D eigenvalue weighted by Crippen LogP contribution is -2.43. The fraction of sp³-hybridized carbons (Fsp3) is 0.517. The summed E-state index contributed by atoms with van der Waals surface area (Å²) in [4.78, 5) is 29.6. The predicted octanol–water partition coefficient (Wildman–Crippen LogP) is 4.55. The number of piperidine rings is 1. The fourth-order valence-corrected chi connectivity index (χ4v) is 5.36. The molecule has 2 aliphatic rings. The highest BCUT2D eigenvalue weighted by molar-refractivity contribution is 5.79. The van der Waals surface area contributed by atoms with E-state index in [-0.39, 0.29) is 35.0 Å². The van der Waals surface area contributed by atoms with Crippen molar-refractivity contribution in [3.05, 3.63) is 65.5 Å². The number of rotatable bonds is 9. The highest BCUT2D eigenvalue weighted by Crippen LogP contribution is 2.41. The number of ether oxygens (including phenoxy) is 1. The first-order chi connectivity index (χ1) is 17.3. The minimum atomic E-state index is -0.290. The van der Waals surface area contributed by atoms with Crippen molar-refractivity contribution >= 4 is 11.8 Å². The van der Waals surface area contributed by atoms with Crippen molar-refractivity contribution in [2.45, 2.75) is 52.1 Å². The Morgan fingerprint density at radius 1 is 1.14 bits per heavy atom. The van der Waals surface area contributed by atoms with E-state index >= 15 is 0 Å². The molecule has 2 aliphatic heterocycles. The second-order valence-corrected chi connectivity index (χ2v) is 10.7. The van der Waals surface area contributed by atoms with Gasteiger partial charge in [-0.15, -0.1) is 0 Å². The van der Waals surface area contributed by atoms with Gasteiger partial charge in [0.25, 0.3) is 0 Å². The van der Waals surface area contributed by atoms with Gasteiger partial charge in [0, 0.05) is 32.0 Å². The van der Waals surface area contributed by atoms with Crippen LogP contribution in [0.3, 0.4) is 0 Å². The number of amides is 2. The minimum Gasteiger partial charge on any atom is -0.497 e. The maximum absolute atomic E-state index is 13.9. The van der Waals surface area contributed by atoms with Crippen LogP contribution in [0.5, 0.6) is 5.75 Å². The van der Waals surface area contributed by atoms with Crippen LogP contribution in [0.15, 0.2) is 48.5 Å². The summed E-state index contributed by atoms with van der Waals surface area (Å²) in [5.41, 5.74) is 1.96. The molecule has 2 fully saturated rings. The molecule has 2 aromatic carbocycles. The normalized spacial score (nSPS) is 18.6. The van der Waals surface area contributed by atoms with Crippen molar-refractivity contribution < 1.29 is 18.7 Å². The third-order valence-electron chi connectivity index (χ3n) is 7.68. The number of nitrogens with one attached hydrogen (secondary N) is 1. The summed E-state index contributed by atoms with van der Waals surface area (Å²) in [6.45, 7) is 7.85. The molecule has 0 saturated carbocycles. The van der Waals surface area contributed by atoms with Gasteiger partial charge in [-0.05, 0) is 73.2 Å². The zero-order valence-electron chi connectivity index (χ0n) is 21.6. The molecule has 0 bridgehead atoms. The molecule has 2 saturated heterocycles. The Hall–Kier alpha value is -2.93. The molecule has 0 radical (unpaired) electrons. The van der Waals surface area contributed by atoms with Crippen LogP contribution >= 0.6 is 0 Å². The van der Waals surface area contributed by atoms with Crippen LogP contribution in [0.25, 0.3) is 0 Å². The first-order valence-electron chi connectivity index (χ1n) is 13.0. The average Bonchev–Trinajstić information content (AvgIpc) is 3.17. The van der Waals surface area contributed by atoms with E-state index in [9.17, 15) is 14.0 Å². The second kappa shape index (κ2) is 11.4. The molecule has 2 amide bonds. The molecule has 2 aromatic rings. The SMILES string of the molecule is COc1ccc(CN2CC3(CCN(CCC(NC(=O)C(C)C)c4cccc(F)c4)CC3)CC2=O)cc1. The second-order valence-electron chi connectivity index (χ2n) is 10.7. The number of halogens is 1. The van der Waals surface area contributed by atoms with Gasteiger partial charge in [0.1, 0.15) is 11.6 Å². The highest BCUT2D eigenvalue weighted by Gasteiger charge is 2.44. The van der Waals surface area contributed by atoms with Crippen molar-refractivity contribution in [1.82, 2.24) is 15.1 Å². The van der Waals surface area contributed by atoms with Gasteiger partial charge in [-0.2, -0.15) is 0 Å². The van der Waals surface area contributed by atoms with Gasteiger partial charge >= 0.3 is 0 Å². The lowest BCUT2D eigenvalue weighted by atomic mass is 9.77. The summed E-state index contributed by atoms with van der Waals surface area (Å²) >= 11 is 0. The number of benzene rings is 2. The Balaban J connectivity index is 1.31. The van der Waals surface area contributed by atoms with Crippen LogP contribution in [-0.2, 0) is 16.1 Å². The van der Waals surface area contributed by atoms with E-state index in [1.165, 1.54) is 12.1 Å². The number of carbonyl (C=O) groups excluding carboxylic acids is 2. The fourth-order valence-electron chi connectivity index (χ4n) is 5.36. The summed E-state index contributed by atoms with van der Waals surface area (Å²) in [7, 11) is 1.65. The average molecular weight is 496 g/mol. The molecule has 1 N–H and O–H groups in total. The standard InChI is InChI=1S/C29H38FN3O3/c1-21(2)28(35)31-26(23-5-4-6-24(30)17-23)11-14-32-15-12-29(13-16-32)18-27(34)33(20-29)19-22-7-9-25(36-3)10-8-22/h4-10,17,21,26H,11-16,18-20H2,1-3H3,(H,31,35). The van der Waals surface area contributed by atoms with Crippen LogP contribution in [0.2, 0.25) is 0 Å². The number of methoxy groups -OCH3 is 1. The Labute approximate surface area is 213 Å². The summed E-state index contributed by atoms with van der Waals surface area (Å²) < 4.78 is 19.1. The van der Waals surface area contributed by atoms with Gasteiger partial charge in [0.05, 0.1) is 13.2 Å². The molecule has 1 spiro atoms. The molecule has 4 rings (SSSR count). The third-order valence-corrected chi connectivity index (χ3v) is 7.68. The van der Waals surface area contributed by atoms with Crippen molar-refractivity contribution in [2.75, 3.05) is 33.3 Å². The number of carbonyl (C=O) groups is 2.